The average molecular weight is 370 g/mol. The van der Waals surface area contributed by atoms with Crippen LogP contribution >= 0.6 is 11.3 Å². The molecule has 3 heterocycles. The van der Waals surface area contributed by atoms with Gasteiger partial charge >= 0.3 is 0 Å². The van der Waals surface area contributed by atoms with Crippen molar-refractivity contribution < 1.29 is 5.11 Å². The van der Waals surface area contributed by atoms with Crippen molar-refractivity contribution in [2.75, 3.05) is 0 Å². The maximum Gasteiger partial charge on any atom is 0.159 e. The van der Waals surface area contributed by atoms with Crippen LogP contribution in [0, 0.1) is 0 Å². The minimum Gasteiger partial charge on any atom is -0.508 e. The van der Waals surface area contributed by atoms with Gasteiger partial charge in [-0.3, -0.25) is 4.98 Å². The lowest BCUT2D eigenvalue weighted by molar-refractivity contribution is 0.475. The van der Waals surface area contributed by atoms with Crippen LogP contribution in [0.15, 0.2) is 67.0 Å². The van der Waals surface area contributed by atoms with E-state index in [-0.39, 0.29) is 5.75 Å². The van der Waals surface area contributed by atoms with Crippen molar-refractivity contribution in [2.45, 2.75) is 6.42 Å². The number of pyridine rings is 1. The molecule has 0 amide bonds. The first-order chi connectivity index (χ1) is 13.2. The van der Waals surface area contributed by atoms with E-state index in [1.807, 2.05) is 30.5 Å². The molecule has 0 aliphatic carbocycles. The van der Waals surface area contributed by atoms with Crippen LogP contribution in [-0.2, 0) is 6.42 Å². The zero-order valence-corrected chi connectivity index (χ0v) is 15.0. The lowest BCUT2D eigenvalue weighted by atomic mass is 10.2. The Morgan fingerprint density at radius 3 is 2.52 bits per heavy atom. The number of rotatable bonds is 3. The van der Waals surface area contributed by atoms with Gasteiger partial charge in [0.2, 0.25) is 0 Å². The summed E-state index contributed by atoms with van der Waals surface area (Å²) in [6, 6.07) is 17.1. The van der Waals surface area contributed by atoms with Crippen molar-refractivity contribution in [3.05, 3.63) is 77.6 Å². The van der Waals surface area contributed by atoms with E-state index in [1.165, 1.54) is 4.70 Å². The van der Waals surface area contributed by atoms with E-state index < -0.39 is 0 Å². The molecule has 0 saturated carbocycles. The molecule has 0 fully saturated rings. The summed E-state index contributed by atoms with van der Waals surface area (Å²) < 4.78 is 1.19. The van der Waals surface area contributed by atoms with Crippen LogP contribution in [0.4, 0.5) is 0 Å². The van der Waals surface area contributed by atoms with Gasteiger partial charge in [-0.15, -0.1) is 11.3 Å². The fourth-order valence-electron chi connectivity index (χ4n) is 2.98. The van der Waals surface area contributed by atoms with Crippen LogP contribution in [-0.4, -0.2) is 25.0 Å². The Bertz CT molecular complexity index is 1230. The second-order valence-corrected chi connectivity index (χ2v) is 7.36. The quantitative estimate of drug-likeness (QED) is 0.503. The molecule has 0 aliphatic rings. The van der Waals surface area contributed by atoms with E-state index in [0.717, 1.165) is 39.1 Å². The van der Waals surface area contributed by atoms with Gasteiger partial charge in [0, 0.05) is 18.2 Å². The Hall–Kier alpha value is -3.38. The topological polar surface area (TPSA) is 71.8 Å². The molecule has 3 aromatic heterocycles. The minimum atomic E-state index is 0.222. The van der Waals surface area contributed by atoms with Gasteiger partial charge in [0.05, 0.1) is 26.9 Å². The number of phenols is 1. The number of fused-ring (bicyclic) bond motifs is 2. The molecule has 6 heteroatoms. The molecular weight excluding hydrogens is 356 g/mol. The van der Waals surface area contributed by atoms with Crippen LogP contribution in [0.25, 0.3) is 32.6 Å². The predicted molar refractivity (Wildman–Crippen MR) is 107 cm³/mol. The zero-order valence-electron chi connectivity index (χ0n) is 14.2. The molecule has 5 rings (SSSR count). The highest BCUT2D eigenvalue weighted by Gasteiger charge is 2.08. The lowest BCUT2D eigenvalue weighted by Gasteiger charge is -2.04. The molecule has 0 atom stereocenters. The number of aromatic nitrogens is 4. The number of nitrogens with zero attached hydrogens (tertiary/aromatic N) is 4. The normalized spacial score (nSPS) is 11.3. The highest BCUT2D eigenvalue weighted by molar-refractivity contribution is 7.18. The third kappa shape index (κ3) is 3.11. The molecule has 0 unspecified atom stereocenters. The van der Waals surface area contributed by atoms with Crippen molar-refractivity contribution in [3.63, 3.8) is 0 Å². The van der Waals surface area contributed by atoms with Gasteiger partial charge in [0.1, 0.15) is 11.3 Å². The summed E-state index contributed by atoms with van der Waals surface area (Å²) in [5.74, 6) is 0.834. The molecule has 0 saturated heterocycles. The summed E-state index contributed by atoms with van der Waals surface area (Å²) >= 11 is 1.70. The minimum absolute atomic E-state index is 0.222. The highest BCUT2D eigenvalue weighted by atomic mass is 32.1. The summed E-state index contributed by atoms with van der Waals surface area (Å²) in [5.41, 5.74) is 4.50. The summed E-state index contributed by atoms with van der Waals surface area (Å²) in [6.07, 6.45) is 4.31. The van der Waals surface area contributed by atoms with E-state index in [9.17, 15) is 5.11 Å². The van der Waals surface area contributed by atoms with Crippen LogP contribution < -0.4 is 0 Å². The third-order valence-electron chi connectivity index (χ3n) is 4.31. The molecule has 0 radical (unpaired) electrons. The zero-order chi connectivity index (χ0) is 18.2. The number of aromatic hydroxyl groups is 1. The fourth-order valence-corrected chi connectivity index (χ4v) is 3.98. The van der Waals surface area contributed by atoms with E-state index >= 15 is 0 Å². The summed E-state index contributed by atoms with van der Waals surface area (Å²) in [5, 5.41) is 10.5. The standard InChI is InChI=1S/C21H14N4OS/c26-15-7-5-14(6-8-15)21-23-12-18-17(25-21)9-13(11-22-18)10-20-24-16-3-1-2-4-19(16)27-20/h1-9,11-12,26H,10H2. The van der Waals surface area contributed by atoms with Crippen LogP contribution in [0.1, 0.15) is 10.6 Å². The number of benzene rings is 2. The average Bonchev–Trinajstić information content (AvgIpc) is 3.10. The first-order valence-corrected chi connectivity index (χ1v) is 9.32. The van der Waals surface area contributed by atoms with E-state index in [4.69, 9.17) is 4.98 Å². The molecule has 0 spiro atoms. The van der Waals surface area contributed by atoms with Crippen LogP contribution in [0.2, 0.25) is 0 Å². The molecule has 5 aromatic rings. The Balaban J connectivity index is 1.50. The van der Waals surface area contributed by atoms with Crippen molar-refractivity contribution in [3.8, 4) is 17.1 Å². The summed E-state index contributed by atoms with van der Waals surface area (Å²) in [7, 11) is 0. The maximum absolute atomic E-state index is 9.45. The molecule has 0 bridgehead atoms. The second-order valence-electron chi connectivity index (χ2n) is 6.24. The lowest BCUT2D eigenvalue weighted by Crippen LogP contribution is -1.94. The fraction of sp³-hybridized carbons (Fsp3) is 0.0476. The van der Waals surface area contributed by atoms with E-state index in [0.29, 0.717) is 5.82 Å². The largest absolute Gasteiger partial charge is 0.508 e. The Labute approximate surface area is 159 Å². The van der Waals surface area contributed by atoms with E-state index in [2.05, 4.69) is 21.0 Å². The van der Waals surface area contributed by atoms with Gasteiger partial charge in [0.15, 0.2) is 5.82 Å². The van der Waals surface area contributed by atoms with Gasteiger partial charge in [0.25, 0.3) is 0 Å². The first-order valence-electron chi connectivity index (χ1n) is 8.50. The summed E-state index contributed by atoms with van der Waals surface area (Å²) in [6.45, 7) is 0. The smallest absolute Gasteiger partial charge is 0.159 e. The number of phenolic OH excluding ortho intramolecular Hbond substituents is 1. The molecule has 27 heavy (non-hydrogen) atoms. The first kappa shape index (κ1) is 15.8. The van der Waals surface area contributed by atoms with Crippen molar-refractivity contribution in [1.29, 1.82) is 0 Å². The molecular formula is C21H14N4OS. The predicted octanol–water partition coefficient (Wildman–Crippen LogP) is 4.60. The monoisotopic (exact) mass is 370 g/mol. The van der Waals surface area contributed by atoms with Gasteiger partial charge in [-0.05, 0) is 48.0 Å². The summed E-state index contributed by atoms with van der Waals surface area (Å²) in [4.78, 5) is 18.2. The Kier molecular flexibility index (Phi) is 3.76. The van der Waals surface area contributed by atoms with Crippen molar-refractivity contribution in [2.24, 2.45) is 0 Å². The van der Waals surface area contributed by atoms with Crippen molar-refractivity contribution in [1.82, 2.24) is 19.9 Å². The highest BCUT2D eigenvalue weighted by Crippen LogP contribution is 2.25. The Morgan fingerprint density at radius 2 is 1.67 bits per heavy atom. The molecule has 1 N–H and O–H groups in total. The second kappa shape index (κ2) is 6.41. The third-order valence-corrected chi connectivity index (χ3v) is 5.34. The van der Waals surface area contributed by atoms with Crippen LogP contribution in [0.5, 0.6) is 5.75 Å². The van der Waals surface area contributed by atoms with Crippen LogP contribution in [0.3, 0.4) is 0 Å². The van der Waals surface area contributed by atoms with Crippen molar-refractivity contribution >= 4 is 32.6 Å². The molecule has 5 nitrogen and oxygen atoms in total. The SMILES string of the molecule is Oc1ccc(-c2ncc3ncc(Cc4nc5ccccc5s4)cc3n2)cc1. The molecule has 2 aromatic carbocycles. The number of hydrogen-bond donors (Lipinski definition) is 1. The number of hydrogen-bond acceptors (Lipinski definition) is 6. The maximum atomic E-state index is 9.45. The molecule has 130 valence electrons. The number of para-hydroxylation sites is 1. The number of thiazole rings is 1. The van der Waals surface area contributed by atoms with Gasteiger partial charge in [-0.25, -0.2) is 15.0 Å². The Morgan fingerprint density at radius 1 is 0.815 bits per heavy atom. The van der Waals surface area contributed by atoms with Gasteiger partial charge in [-0.2, -0.15) is 0 Å². The van der Waals surface area contributed by atoms with Gasteiger partial charge < -0.3 is 5.11 Å². The van der Waals surface area contributed by atoms with E-state index in [1.54, 1.807) is 41.8 Å². The van der Waals surface area contributed by atoms with Gasteiger partial charge in [-0.1, -0.05) is 12.1 Å². The molecule has 0 aliphatic heterocycles.